The second kappa shape index (κ2) is 8.09. The number of hydrogen-bond acceptors (Lipinski definition) is 3. The van der Waals surface area contributed by atoms with E-state index < -0.39 is 6.10 Å². The van der Waals surface area contributed by atoms with E-state index in [2.05, 4.69) is 5.32 Å². The molecule has 2 aromatic carbocycles. The lowest BCUT2D eigenvalue weighted by atomic mass is 10.0. The highest BCUT2D eigenvalue weighted by molar-refractivity contribution is 5.32. The Balaban J connectivity index is 1.97. The maximum absolute atomic E-state index is 13.5. The van der Waals surface area contributed by atoms with Crippen molar-refractivity contribution < 1.29 is 14.2 Å². The first-order valence-electron chi connectivity index (χ1n) is 7.82. The highest BCUT2D eigenvalue weighted by atomic mass is 19.1. The van der Waals surface area contributed by atoms with Gasteiger partial charge >= 0.3 is 0 Å². The highest BCUT2D eigenvalue weighted by Gasteiger charge is 2.18. The Kier molecular flexibility index (Phi) is 6.13. The summed E-state index contributed by atoms with van der Waals surface area (Å²) < 4.78 is 18.5. The molecular formula is C19H24FNO2. The van der Waals surface area contributed by atoms with E-state index in [1.165, 1.54) is 13.2 Å². The molecule has 3 unspecified atom stereocenters. The molecule has 3 nitrogen and oxygen atoms in total. The summed E-state index contributed by atoms with van der Waals surface area (Å²) in [6.07, 6.45) is 0.0938. The number of rotatable bonds is 7. The third-order valence-electron chi connectivity index (χ3n) is 4.05. The molecule has 0 aliphatic rings. The lowest BCUT2D eigenvalue weighted by Gasteiger charge is -2.25. The molecule has 0 bridgehead atoms. The zero-order chi connectivity index (χ0) is 16.8. The van der Waals surface area contributed by atoms with E-state index in [1.807, 2.05) is 44.2 Å². The fourth-order valence-electron chi connectivity index (χ4n) is 2.58. The van der Waals surface area contributed by atoms with Gasteiger partial charge in [0.25, 0.3) is 0 Å². The fraction of sp³-hybridized carbons (Fsp3) is 0.368. The number of aliphatic hydroxyl groups is 1. The van der Waals surface area contributed by atoms with Crippen molar-refractivity contribution in [1.29, 1.82) is 0 Å². The average Bonchev–Trinajstić information content (AvgIpc) is 2.56. The maximum atomic E-state index is 13.5. The van der Waals surface area contributed by atoms with Crippen LogP contribution in [0.5, 0.6) is 5.75 Å². The summed E-state index contributed by atoms with van der Waals surface area (Å²) in [6, 6.07) is 14.6. The van der Waals surface area contributed by atoms with Gasteiger partial charge in [-0.1, -0.05) is 36.4 Å². The van der Waals surface area contributed by atoms with Gasteiger partial charge in [0.1, 0.15) is 0 Å². The monoisotopic (exact) mass is 317 g/mol. The van der Waals surface area contributed by atoms with Crippen LogP contribution >= 0.6 is 0 Å². The molecule has 124 valence electrons. The zero-order valence-electron chi connectivity index (χ0n) is 13.8. The Morgan fingerprint density at radius 3 is 2.48 bits per heavy atom. The van der Waals surface area contributed by atoms with Crippen LogP contribution < -0.4 is 10.1 Å². The molecule has 0 aliphatic heterocycles. The van der Waals surface area contributed by atoms with Crippen LogP contribution in [0.1, 0.15) is 31.0 Å². The van der Waals surface area contributed by atoms with Crippen molar-refractivity contribution >= 4 is 0 Å². The average molecular weight is 317 g/mol. The Morgan fingerprint density at radius 1 is 1.13 bits per heavy atom. The third kappa shape index (κ3) is 4.78. The SMILES string of the molecule is COc1cc(C(C)NC(C)C(O)Cc2ccccc2)ccc1F. The first-order chi connectivity index (χ1) is 11.0. The van der Waals surface area contributed by atoms with Gasteiger partial charge in [-0.3, -0.25) is 0 Å². The van der Waals surface area contributed by atoms with Gasteiger partial charge < -0.3 is 15.2 Å². The number of ether oxygens (including phenoxy) is 1. The van der Waals surface area contributed by atoms with Crippen molar-refractivity contribution in [1.82, 2.24) is 5.32 Å². The Labute approximate surface area is 137 Å². The predicted molar refractivity (Wildman–Crippen MR) is 90.1 cm³/mol. The van der Waals surface area contributed by atoms with Crippen molar-refractivity contribution in [2.45, 2.75) is 38.5 Å². The molecule has 23 heavy (non-hydrogen) atoms. The molecule has 0 saturated heterocycles. The quantitative estimate of drug-likeness (QED) is 0.821. The molecule has 0 aliphatic carbocycles. The summed E-state index contributed by atoms with van der Waals surface area (Å²) in [5.74, 6) is -0.144. The number of hydrogen-bond donors (Lipinski definition) is 2. The van der Waals surface area contributed by atoms with Crippen molar-refractivity contribution in [3.8, 4) is 5.75 Å². The first-order valence-corrected chi connectivity index (χ1v) is 7.82. The van der Waals surface area contributed by atoms with Crippen LogP contribution in [0, 0.1) is 5.82 Å². The maximum Gasteiger partial charge on any atom is 0.165 e. The highest BCUT2D eigenvalue weighted by Crippen LogP contribution is 2.23. The summed E-state index contributed by atoms with van der Waals surface area (Å²) in [6.45, 7) is 3.93. The molecule has 2 aromatic rings. The second-order valence-electron chi connectivity index (χ2n) is 5.83. The number of nitrogens with one attached hydrogen (secondary N) is 1. The molecular weight excluding hydrogens is 293 g/mol. The Bertz CT molecular complexity index is 618. The van der Waals surface area contributed by atoms with Gasteiger partial charge in [-0.2, -0.15) is 0 Å². The van der Waals surface area contributed by atoms with Gasteiger partial charge in [-0.25, -0.2) is 4.39 Å². The summed E-state index contributed by atoms with van der Waals surface area (Å²) in [7, 11) is 1.45. The minimum absolute atomic E-state index is 0.0232. The van der Waals surface area contributed by atoms with E-state index >= 15 is 0 Å². The molecule has 0 radical (unpaired) electrons. The molecule has 0 fully saturated rings. The summed E-state index contributed by atoms with van der Waals surface area (Å²) in [5, 5.41) is 13.7. The van der Waals surface area contributed by atoms with Crippen LogP contribution in [-0.4, -0.2) is 24.4 Å². The third-order valence-corrected chi connectivity index (χ3v) is 4.05. The van der Waals surface area contributed by atoms with Crippen LogP contribution in [0.4, 0.5) is 4.39 Å². The van der Waals surface area contributed by atoms with Gasteiger partial charge in [0.05, 0.1) is 13.2 Å². The van der Waals surface area contributed by atoms with E-state index in [-0.39, 0.29) is 23.7 Å². The standard InChI is InChI=1S/C19H24FNO2/c1-13(16-9-10-17(20)19(12-16)23-3)21-14(2)18(22)11-15-7-5-4-6-8-15/h4-10,12-14,18,21-22H,11H2,1-3H3. The summed E-state index contributed by atoms with van der Waals surface area (Å²) >= 11 is 0. The minimum atomic E-state index is -0.498. The Morgan fingerprint density at radius 2 is 1.83 bits per heavy atom. The number of aliphatic hydroxyl groups excluding tert-OH is 1. The van der Waals surface area contributed by atoms with Crippen molar-refractivity contribution in [3.63, 3.8) is 0 Å². The van der Waals surface area contributed by atoms with Crippen LogP contribution in [0.2, 0.25) is 0 Å². The largest absolute Gasteiger partial charge is 0.494 e. The minimum Gasteiger partial charge on any atom is -0.494 e. The van der Waals surface area contributed by atoms with Crippen LogP contribution in [0.25, 0.3) is 0 Å². The van der Waals surface area contributed by atoms with Gasteiger partial charge in [0.2, 0.25) is 0 Å². The Hall–Kier alpha value is -1.91. The molecule has 2 N–H and O–H groups in total. The van der Waals surface area contributed by atoms with Crippen LogP contribution in [-0.2, 0) is 6.42 Å². The fourth-order valence-corrected chi connectivity index (χ4v) is 2.58. The summed E-state index contributed by atoms with van der Waals surface area (Å²) in [4.78, 5) is 0. The molecule has 3 atom stereocenters. The second-order valence-corrected chi connectivity index (χ2v) is 5.83. The molecule has 0 heterocycles. The molecule has 4 heteroatoms. The lowest BCUT2D eigenvalue weighted by molar-refractivity contribution is 0.129. The molecule has 0 aromatic heterocycles. The van der Waals surface area contributed by atoms with Gasteiger partial charge in [-0.15, -0.1) is 0 Å². The zero-order valence-corrected chi connectivity index (χ0v) is 13.8. The number of methoxy groups -OCH3 is 1. The first kappa shape index (κ1) is 17.4. The van der Waals surface area contributed by atoms with E-state index in [0.29, 0.717) is 6.42 Å². The van der Waals surface area contributed by atoms with E-state index in [1.54, 1.807) is 12.1 Å². The molecule has 2 rings (SSSR count). The van der Waals surface area contributed by atoms with Gasteiger partial charge in [0, 0.05) is 12.1 Å². The topological polar surface area (TPSA) is 41.5 Å². The van der Waals surface area contributed by atoms with Crippen molar-refractivity contribution in [2.24, 2.45) is 0 Å². The van der Waals surface area contributed by atoms with Crippen molar-refractivity contribution in [2.75, 3.05) is 7.11 Å². The van der Waals surface area contributed by atoms with Crippen LogP contribution in [0.15, 0.2) is 48.5 Å². The predicted octanol–water partition coefficient (Wildman–Crippen LogP) is 3.48. The molecule has 0 saturated carbocycles. The van der Waals surface area contributed by atoms with Gasteiger partial charge in [-0.05, 0) is 43.5 Å². The van der Waals surface area contributed by atoms with Crippen molar-refractivity contribution in [3.05, 3.63) is 65.5 Å². The van der Waals surface area contributed by atoms with E-state index in [0.717, 1.165) is 11.1 Å². The number of halogens is 1. The van der Waals surface area contributed by atoms with Gasteiger partial charge in [0.15, 0.2) is 11.6 Å². The normalized spacial score (nSPS) is 15.0. The van der Waals surface area contributed by atoms with E-state index in [9.17, 15) is 9.50 Å². The van der Waals surface area contributed by atoms with Crippen LogP contribution in [0.3, 0.4) is 0 Å². The summed E-state index contributed by atoms with van der Waals surface area (Å²) in [5.41, 5.74) is 2.02. The molecule has 0 amide bonds. The smallest absolute Gasteiger partial charge is 0.165 e. The number of benzene rings is 2. The van der Waals surface area contributed by atoms with E-state index in [4.69, 9.17) is 4.74 Å². The molecule has 0 spiro atoms. The lowest BCUT2D eigenvalue weighted by Crippen LogP contribution is -2.39.